The van der Waals surface area contributed by atoms with E-state index in [4.69, 9.17) is 9.47 Å². The van der Waals surface area contributed by atoms with Crippen molar-refractivity contribution in [1.29, 1.82) is 0 Å². The third kappa shape index (κ3) is 2.24. The summed E-state index contributed by atoms with van der Waals surface area (Å²) in [6.45, 7) is 0.664. The second-order valence-electron chi connectivity index (χ2n) is 6.70. The Morgan fingerprint density at radius 1 is 1.27 bits per heavy atom. The molecule has 0 unspecified atom stereocenters. The molecule has 0 saturated heterocycles. The van der Waals surface area contributed by atoms with E-state index in [9.17, 15) is 9.90 Å². The van der Waals surface area contributed by atoms with Gasteiger partial charge in [0, 0.05) is 6.07 Å². The molecule has 0 atom stereocenters. The second kappa shape index (κ2) is 5.47. The normalized spacial score (nSPS) is 17.1. The zero-order valence-electron chi connectivity index (χ0n) is 13.9. The highest BCUT2D eigenvalue weighted by molar-refractivity contribution is 5.44. The van der Waals surface area contributed by atoms with E-state index < -0.39 is 5.69 Å². The van der Waals surface area contributed by atoms with Crippen LogP contribution in [0.1, 0.15) is 30.4 Å². The molecule has 1 aliphatic heterocycles. The SMILES string of the molecule is O=c1[nH]cc(O)n1-c1ccc(Oc2ccc3c(c2)C2(CCC2)OC3)nc1. The Balaban J connectivity index is 1.41. The summed E-state index contributed by atoms with van der Waals surface area (Å²) >= 11 is 0. The molecule has 1 fully saturated rings. The number of benzene rings is 1. The van der Waals surface area contributed by atoms with Gasteiger partial charge >= 0.3 is 5.69 Å². The average Bonchev–Trinajstić information content (AvgIpc) is 3.16. The molecule has 3 aromatic rings. The number of nitrogens with one attached hydrogen (secondary N) is 1. The van der Waals surface area contributed by atoms with E-state index in [1.54, 1.807) is 12.1 Å². The van der Waals surface area contributed by atoms with Crippen LogP contribution in [0.15, 0.2) is 47.5 Å². The van der Waals surface area contributed by atoms with E-state index in [0.29, 0.717) is 23.9 Å². The lowest BCUT2D eigenvalue weighted by atomic mass is 9.75. The van der Waals surface area contributed by atoms with E-state index in [0.717, 1.165) is 17.4 Å². The van der Waals surface area contributed by atoms with Crippen molar-refractivity contribution in [2.24, 2.45) is 0 Å². The van der Waals surface area contributed by atoms with Crippen LogP contribution >= 0.6 is 0 Å². The minimum absolute atomic E-state index is 0.112. The summed E-state index contributed by atoms with van der Waals surface area (Å²) in [5, 5.41) is 9.72. The van der Waals surface area contributed by atoms with Crippen LogP contribution in [0.2, 0.25) is 0 Å². The summed E-state index contributed by atoms with van der Waals surface area (Å²) in [4.78, 5) is 18.4. The number of imidazole rings is 1. The number of H-pyrrole nitrogens is 1. The molecule has 1 saturated carbocycles. The molecule has 7 nitrogen and oxygen atoms in total. The molecule has 0 amide bonds. The maximum atomic E-state index is 11.7. The van der Waals surface area contributed by atoms with E-state index >= 15 is 0 Å². The molecule has 132 valence electrons. The Kier molecular flexibility index (Phi) is 3.20. The van der Waals surface area contributed by atoms with E-state index in [1.165, 1.54) is 29.9 Å². The first-order chi connectivity index (χ1) is 12.6. The van der Waals surface area contributed by atoms with Crippen molar-refractivity contribution in [3.05, 3.63) is 64.3 Å². The van der Waals surface area contributed by atoms with Gasteiger partial charge in [-0.05, 0) is 48.6 Å². The van der Waals surface area contributed by atoms with Gasteiger partial charge in [-0.2, -0.15) is 0 Å². The van der Waals surface area contributed by atoms with Crippen LogP contribution in [0.3, 0.4) is 0 Å². The number of aromatic amines is 1. The van der Waals surface area contributed by atoms with Crippen molar-refractivity contribution in [3.63, 3.8) is 0 Å². The molecule has 0 bridgehead atoms. The monoisotopic (exact) mass is 351 g/mol. The molecular formula is C19H17N3O4. The lowest BCUT2D eigenvalue weighted by Gasteiger charge is -2.38. The van der Waals surface area contributed by atoms with Crippen LogP contribution in [-0.2, 0) is 16.9 Å². The van der Waals surface area contributed by atoms with Crippen LogP contribution < -0.4 is 10.4 Å². The first-order valence-electron chi connectivity index (χ1n) is 8.56. The quantitative estimate of drug-likeness (QED) is 0.757. The predicted molar refractivity (Wildman–Crippen MR) is 92.7 cm³/mol. The topological polar surface area (TPSA) is 89.4 Å². The first kappa shape index (κ1) is 15.2. The van der Waals surface area contributed by atoms with Crippen LogP contribution in [-0.4, -0.2) is 19.6 Å². The summed E-state index contributed by atoms with van der Waals surface area (Å²) in [5.74, 6) is 0.954. The van der Waals surface area contributed by atoms with Gasteiger partial charge in [0.15, 0.2) is 0 Å². The first-order valence-corrected chi connectivity index (χ1v) is 8.56. The number of nitrogens with zero attached hydrogens (tertiary/aromatic N) is 2. The highest BCUT2D eigenvalue weighted by atomic mass is 16.5. The highest BCUT2D eigenvalue weighted by Crippen LogP contribution is 2.51. The van der Waals surface area contributed by atoms with Gasteiger partial charge in [0.05, 0.1) is 30.3 Å². The van der Waals surface area contributed by atoms with Gasteiger partial charge in [-0.15, -0.1) is 0 Å². The minimum atomic E-state index is -0.428. The molecule has 2 aliphatic rings. The number of ether oxygens (including phenoxy) is 2. The van der Waals surface area contributed by atoms with Gasteiger partial charge < -0.3 is 19.6 Å². The van der Waals surface area contributed by atoms with Crippen molar-refractivity contribution >= 4 is 0 Å². The van der Waals surface area contributed by atoms with Crippen LogP contribution in [0.5, 0.6) is 17.5 Å². The highest BCUT2D eigenvalue weighted by Gasteiger charge is 2.45. The molecule has 7 heteroatoms. The van der Waals surface area contributed by atoms with Gasteiger partial charge in [-0.1, -0.05) is 6.07 Å². The molecule has 0 radical (unpaired) electrons. The van der Waals surface area contributed by atoms with Crippen molar-refractivity contribution in [2.45, 2.75) is 31.5 Å². The summed E-state index contributed by atoms with van der Waals surface area (Å²) < 4.78 is 13.0. The van der Waals surface area contributed by atoms with E-state index in [2.05, 4.69) is 9.97 Å². The number of hydrogen-bond donors (Lipinski definition) is 2. The number of aromatic hydroxyl groups is 1. The van der Waals surface area contributed by atoms with Crippen molar-refractivity contribution in [1.82, 2.24) is 14.5 Å². The Labute approximate surface area is 148 Å². The van der Waals surface area contributed by atoms with Crippen LogP contribution in [0.4, 0.5) is 0 Å². The summed E-state index contributed by atoms with van der Waals surface area (Å²) in [6.07, 6.45) is 6.03. The molecule has 1 aromatic carbocycles. The standard InChI is InChI=1S/C19H17N3O4/c23-17-10-21-18(24)22(17)13-3-5-16(20-9-13)26-14-4-2-12-11-25-19(6-1-7-19)15(12)8-14/h2-5,8-10,23H,1,6-7,11H2,(H,21,24). The largest absolute Gasteiger partial charge is 0.493 e. The Morgan fingerprint density at radius 3 is 2.81 bits per heavy atom. The number of pyridine rings is 1. The molecule has 5 rings (SSSR count). The Hall–Kier alpha value is -3.06. The smallest absolute Gasteiger partial charge is 0.333 e. The molecule has 26 heavy (non-hydrogen) atoms. The zero-order valence-corrected chi connectivity index (χ0v) is 13.9. The molecular weight excluding hydrogens is 334 g/mol. The third-order valence-electron chi connectivity index (χ3n) is 5.20. The molecule has 1 aliphatic carbocycles. The van der Waals surface area contributed by atoms with Crippen LogP contribution in [0, 0.1) is 0 Å². The maximum absolute atomic E-state index is 11.7. The number of aromatic nitrogens is 3. The lowest BCUT2D eigenvalue weighted by molar-refractivity contribution is -0.0944. The van der Waals surface area contributed by atoms with Gasteiger partial charge in [-0.25, -0.2) is 14.3 Å². The average molecular weight is 351 g/mol. The van der Waals surface area contributed by atoms with Gasteiger partial charge in [0.2, 0.25) is 11.8 Å². The number of hydrogen-bond acceptors (Lipinski definition) is 5. The predicted octanol–water partition coefficient (Wildman–Crippen LogP) is 2.97. The Bertz CT molecular complexity index is 1030. The van der Waals surface area contributed by atoms with Crippen molar-refractivity contribution < 1.29 is 14.6 Å². The summed E-state index contributed by atoms with van der Waals surface area (Å²) in [6, 6.07) is 9.33. The van der Waals surface area contributed by atoms with E-state index in [-0.39, 0.29) is 11.5 Å². The fourth-order valence-corrected chi connectivity index (χ4v) is 3.67. The fraction of sp³-hybridized carbons (Fsp3) is 0.263. The van der Waals surface area contributed by atoms with Gasteiger partial charge in [-0.3, -0.25) is 0 Å². The van der Waals surface area contributed by atoms with E-state index in [1.807, 2.05) is 18.2 Å². The fourth-order valence-electron chi connectivity index (χ4n) is 3.67. The third-order valence-corrected chi connectivity index (χ3v) is 5.20. The molecule has 2 aromatic heterocycles. The second-order valence-corrected chi connectivity index (χ2v) is 6.70. The van der Waals surface area contributed by atoms with Crippen LogP contribution in [0.25, 0.3) is 5.69 Å². The minimum Gasteiger partial charge on any atom is -0.493 e. The van der Waals surface area contributed by atoms with Crippen molar-refractivity contribution in [3.8, 4) is 23.2 Å². The van der Waals surface area contributed by atoms with Gasteiger partial charge in [0.1, 0.15) is 5.75 Å². The molecule has 1 spiro atoms. The number of fused-ring (bicyclic) bond motifs is 2. The zero-order chi connectivity index (χ0) is 17.7. The summed E-state index contributed by atoms with van der Waals surface area (Å²) in [5.41, 5.74) is 2.36. The summed E-state index contributed by atoms with van der Waals surface area (Å²) in [7, 11) is 0. The van der Waals surface area contributed by atoms with Crippen molar-refractivity contribution in [2.75, 3.05) is 0 Å². The molecule has 3 heterocycles. The number of rotatable bonds is 3. The lowest BCUT2D eigenvalue weighted by Crippen LogP contribution is -2.33. The maximum Gasteiger partial charge on any atom is 0.333 e. The molecule has 2 N–H and O–H groups in total. The van der Waals surface area contributed by atoms with Gasteiger partial charge in [0.25, 0.3) is 0 Å². The Morgan fingerprint density at radius 2 is 2.15 bits per heavy atom.